The van der Waals surface area contributed by atoms with Gasteiger partial charge in [0, 0.05) is 18.3 Å². The van der Waals surface area contributed by atoms with E-state index in [2.05, 4.69) is 34.0 Å². The summed E-state index contributed by atoms with van der Waals surface area (Å²) in [4.78, 5) is 12.8. The van der Waals surface area contributed by atoms with Crippen LogP contribution in [0.5, 0.6) is 0 Å². The van der Waals surface area contributed by atoms with Crippen molar-refractivity contribution in [3.63, 3.8) is 0 Å². The third kappa shape index (κ3) is 2.73. The molecule has 6 heteroatoms. The molecule has 0 aliphatic heterocycles. The van der Waals surface area contributed by atoms with E-state index in [0.717, 1.165) is 22.4 Å². The number of hydrogen-bond donors (Lipinski definition) is 1. The molecule has 0 amide bonds. The molecule has 1 aromatic carbocycles. The summed E-state index contributed by atoms with van der Waals surface area (Å²) in [5.41, 5.74) is 9.21. The molecule has 0 saturated carbocycles. The zero-order valence-electron chi connectivity index (χ0n) is 12.5. The highest BCUT2D eigenvalue weighted by Gasteiger charge is 2.17. The first-order valence-corrected chi connectivity index (χ1v) is 7.12. The van der Waals surface area contributed by atoms with Crippen LogP contribution < -0.4 is 5.73 Å². The lowest BCUT2D eigenvalue weighted by molar-refractivity contribution is 0.431. The van der Waals surface area contributed by atoms with E-state index in [1.54, 1.807) is 6.20 Å². The van der Waals surface area contributed by atoms with E-state index >= 15 is 0 Å². The summed E-state index contributed by atoms with van der Waals surface area (Å²) in [5.74, 6) is 1.22. The standard InChI is InChI=1S/C16H17N5O/c1-10(2)14-13(8-18-9-19-14)16-20-15(21-22-16)12-5-3-11(7-17)4-6-12/h3-6,8-10H,7,17H2,1-2H3. The fourth-order valence-corrected chi connectivity index (χ4v) is 2.20. The summed E-state index contributed by atoms with van der Waals surface area (Å²) in [6.07, 6.45) is 3.23. The van der Waals surface area contributed by atoms with E-state index in [1.807, 2.05) is 24.3 Å². The van der Waals surface area contributed by atoms with Gasteiger partial charge in [-0.25, -0.2) is 9.97 Å². The van der Waals surface area contributed by atoms with Crippen LogP contribution in [0.2, 0.25) is 0 Å². The van der Waals surface area contributed by atoms with Gasteiger partial charge in [-0.2, -0.15) is 4.98 Å². The van der Waals surface area contributed by atoms with Crippen molar-refractivity contribution >= 4 is 0 Å². The molecular weight excluding hydrogens is 278 g/mol. The van der Waals surface area contributed by atoms with Crippen molar-refractivity contribution in [2.45, 2.75) is 26.3 Å². The normalized spacial score (nSPS) is 11.1. The Labute approximate surface area is 128 Å². The molecule has 0 atom stereocenters. The van der Waals surface area contributed by atoms with Crippen molar-refractivity contribution in [1.29, 1.82) is 0 Å². The number of nitrogens with two attached hydrogens (primary N) is 1. The predicted molar refractivity (Wildman–Crippen MR) is 82.7 cm³/mol. The minimum absolute atomic E-state index is 0.247. The van der Waals surface area contributed by atoms with Gasteiger partial charge in [0.05, 0.1) is 11.3 Å². The number of nitrogens with zero attached hydrogens (tertiary/aromatic N) is 4. The second kappa shape index (κ2) is 6.03. The monoisotopic (exact) mass is 295 g/mol. The van der Waals surface area contributed by atoms with Crippen LogP contribution in [0.4, 0.5) is 0 Å². The zero-order chi connectivity index (χ0) is 15.5. The van der Waals surface area contributed by atoms with E-state index in [9.17, 15) is 0 Å². The highest BCUT2D eigenvalue weighted by atomic mass is 16.5. The van der Waals surface area contributed by atoms with Gasteiger partial charge < -0.3 is 10.3 Å². The Kier molecular flexibility index (Phi) is 3.93. The maximum Gasteiger partial charge on any atom is 0.261 e. The lowest BCUT2D eigenvalue weighted by Gasteiger charge is -2.06. The van der Waals surface area contributed by atoms with Crippen molar-refractivity contribution < 1.29 is 4.52 Å². The number of rotatable bonds is 4. The van der Waals surface area contributed by atoms with Gasteiger partial charge in [-0.15, -0.1) is 0 Å². The van der Waals surface area contributed by atoms with Gasteiger partial charge in [-0.3, -0.25) is 0 Å². The second-order valence-corrected chi connectivity index (χ2v) is 5.30. The number of aromatic nitrogens is 4. The van der Waals surface area contributed by atoms with Crippen LogP contribution in [-0.4, -0.2) is 20.1 Å². The topological polar surface area (TPSA) is 90.7 Å². The molecule has 2 aromatic heterocycles. The largest absolute Gasteiger partial charge is 0.333 e. The molecule has 2 heterocycles. The summed E-state index contributed by atoms with van der Waals surface area (Å²) in [6.45, 7) is 4.64. The fourth-order valence-electron chi connectivity index (χ4n) is 2.20. The van der Waals surface area contributed by atoms with Gasteiger partial charge in [-0.1, -0.05) is 43.3 Å². The van der Waals surface area contributed by atoms with Crippen molar-refractivity contribution in [3.05, 3.63) is 48.0 Å². The molecule has 2 N–H and O–H groups in total. The molecule has 112 valence electrons. The van der Waals surface area contributed by atoms with Crippen LogP contribution in [-0.2, 0) is 6.54 Å². The van der Waals surface area contributed by atoms with E-state index in [-0.39, 0.29) is 5.92 Å². The van der Waals surface area contributed by atoms with Gasteiger partial charge >= 0.3 is 0 Å². The van der Waals surface area contributed by atoms with Crippen LogP contribution in [0.1, 0.15) is 31.0 Å². The van der Waals surface area contributed by atoms with E-state index in [1.165, 1.54) is 6.33 Å². The first kappa shape index (κ1) is 14.3. The minimum atomic E-state index is 0.247. The fraction of sp³-hybridized carbons (Fsp3) is 0.250. The first-order valence-electron chi connectivity index (χ1n) is 7.12. The molecule has 0 spiro atoms. The maximum absolute atomic E-state index is 5.60. The van der Waals surface area contributed by atoms with E-state index in [4.69, 9.17) is 10.3 Å². The third-order valence-electron chi connectivity index (χ3n) is 3.39. The van der Waals surface area contributed by atoms with Crippen molar-refractivity contribution in [3.8, 4) is 22.8 Å². The second-order valence-electron chi connectivity index (χ2n) is 5.30. The molecule has 3 aromatic rings. The molecular formula is C16H17N5O. The summed E-state index contributed by atoms with van der Waals surface area (Å²) < 4.78 is 5.39. The van der Waals surface area contributed by atoms with Crippen LogP contribution in [0, 0.1) is 0 Å². The third-order valence-corrected chi connectivity index (χ3v) is 3.39. The molecule has 0 aliphatic rings. The van der Waals surface area contributed by atoms with Crippen molar-refractivity contribution in [2.75, 3.05) is 0 Å². The quantitative estimate of drug-likeness (QED) is 0.795. The van der Waals surface area contributed by atoms with Gasteiger partial charge in [0.1, 0.15) is 6.33 Å². The molecule has 0 aliphatic carbocycles. The first-order chi connectivity index (χ1) is 10.7. The Balaban J connectivity index is 1.97. The molecule has 0 bridgehead atoms. The lowest BCUT2D eigenvalue weighted by atomic mass is 10.1. The summed E-state index contributed by atoms with van der Waals surface area (Å²) in [7, 11) is 0. The average molecular weight is 295 g/mol. The average Bonchev–Trinajstić information content (AvgIpc) is 3.04. The molecule has 0 radical (unpaired) electrons. The van der Waals surface area contributed by atoms with Crippen molar-refractivity contribution in [1.82, 2.24) is 20.1 Å². The molecule has 0 unspecified atom stereocenters. The highest BCUT2D eigenvalue weighted by molar-refractivity contribution is 5.61. The van der Waals surface area contributed by atoms with Crippen LogP contribution in [0.25, 0.3) is 22.8 Å². The Hall–Kier alpha value is -2.60. The molecule has 3 rings (SSSR count). The predicted octanol–water partition coefficient (Wildman–Crippen LogP) is 2.78. The van der Waals surface area contributed by atoms with Gasteiger partial charge in [0.25, 0.3) is 5.89 Å². The highest BCUT2D eigenvalue weighted by Crippen LogP contribution is 2.27. The van der Waals surface area contributed by atoms with Crippen LogP contribution in [0.3, 0.4) is 0 Å². The zero-order valence-corrected chi connectivity index (χ0v) is 12.5. The van der Waals surface area contributed by atoms with Gasteiger partial charge in [0.15, 0.2) is 0 Å². The van der Waals surface area contributed by atoms with Crippen molar-refractivity contribution in [2.24, 2.45) is 5.73 Å². The van der Waals surface area contributed by atoms with E-state index in [0.29, 0.717) is 18.3 Å². The smallest absolute Gasteiger partial charge is 0.261 e. The van der Waals surface area contributed by atoms with Gasteiger partial charge in [-0.05, 0) is 11.5 Å². The molecule has 22 heavy (non-hydrogen) atoms. The summed E-state index contributed by atoms with van der Waals surface area (Å²) in [5, 5.41) is 4.05. The van der Waals surface area contributed by atoms with Gasteiger partial charge in [0.2, 0.25) is 5.82 Å². The van der Waals surface area contributed by atoms with Crippen LogP contribution in [0.15, 0.2) is 41.3 Å². The summed E-state index contributed by atoms with van der Waals surface area (Å²) >= 11 is 0. The minimum Gasteiger partial charge on any atom is -0.333 e. The molecule has 0 saturated heterocycles. The maximum atomic E-state index is 5.60. The molecule has 6 nitrogen and oxygen atoms in total. The Morgan fingerprint density at radius 2 is 1.95 bits per heavy atom. The summed E-state index contributed by atoms with van der Waals surface area (Å²) in [6, 6.07) is 7.77. The van der Waals surface area contributed by atoms with Crippen LogP contribution >= 0.6 is 0 Å². The number of hydrogen-bond acceptors (Lipinski definition) is 6. The molecule has 0 fully saturated rings. The Morgan fingerprint density at radius 3 is 2.64 bits per heavy atom. The Bertz CT molecular complexity index is 764. The Morgan fingerprint density at radius 1 is 1.18 bits per heavy atom. The SMILES string of the molecule is CC(C)c1ncncc1-c1nc(-c2ccc(CN)cc2)no1. The number of benzene rings is 1. The van der Waals surface area contributed by atoms with E-state index < -0.39 is 0 Å². The lowest BCUT2D eigenvalue weighted by Crippen LogP contribution is -1.97.